The number of rotatable bonds is 7. The molecule has 140 valence electrons. The molecular formula is C19H19N3O4S. The van der Waals surface area contributed by atoms with Gasteiger partial charge in [0.2, 0.25) is 0 Å². The van der Waals surface area contributed by atoms with E-state index in [4.69, 9.17) is 15.6 Å². The molecule has 0 aliphatic heterocycles. The van der Waals surface area contributed by atoms with Crippen LogP contribution < -0.4 is 15.8 Å². The van der Waals surface area contributed by atoms with E-state index in [1.54, 1.807) is 23.5 Å². The van der Waals surface area contributed by atoms with Crippen LogP contribution in [0.1, 0.15) is 10.5 Å². The highest BCUT2D eigenvalue weighted by molar-refractivity contribution is 7.13. The average Bonchev–Trinajstić information content (AvgIpc) is 3.23. The Balaban J connectivity index is 1.69. The van der Waals surface area contributed by atoms with Crippen molar-refractivity contribution in [3.8, 4) is 16.2 Å². The van der Waals surface area contributed by atoms with Crippen LogP contribution in [0.15, 0.2) is 54.0 Å². The first-order valence-corrected chi connectivity index (χ1v) is 9.07. The number of aliphatic hydroxyl groups is 2. The van der Waals surface area contributed by atoms with Gasteiger partial charge in [-0.25, -0.2) is 4.98 Å². The zero-order chi connectivity index (χ0) is 19.2. The molecule has 2 heterocycles. The van der Waals surface area contributed by atoms with Crippen molar-refractivity contribution >= 4 is 28.6 Å². The number of aliphatic hydroxyl groups excluding tert-OH is 2. The van der Waals surface area contributed by atoms with E-state index < -0.39 is 12.0 Å². The van der Waals surface area contributed by atoms with E-state index in [0.717, 1.165) is 10.4 Å². The number of nitrogens with one attached hydrogen (secondary N) is 1. The highest BCUT2D eigenvalue weighted by atomic mass is 32.1. The molecule has 1 atom stereocenters. The molecule has 3 aromatic rings. The molecular weight excluding hydrogens is 366 g/mol. The number of hydrogen-bond acceptors (Lipinski definition) is 7. The van der Waals surface area contributed by atoms with Gasteiger partial charge in [0.1, 0.15) is 24.2 Å². The van der Waals surface area contributed by atoms with Crippen molar-refractivity contribution in [2.75, 3.05) is 24.3 Å². The maximum atomic E-state index is 12.4. The normalized spacial score (nSPS) is 11.8. The van der Waals surface area contributed by atoms with Gasteiger partial charge in [-0.3, -0.25) is 4.79 Å². The Morgan fingerprint density at radius 3 is 2.81 bits per heavy atom. The second-order valence-electron chi connectivity index (χ2n) is 5.76. The molecule has 0 spiro atoms. The summed E-state index contributed by atoms with van der Waals surface area (Å²) in [6.45, 7) is -0.449. The van der Waals surface area contributed by atoms with Crippen molar-refractivity contribution in [3.05, 3.63) is 59.7 Å². The van der Waals surface area contributed by atoms with Crippen LogP contribution in [0.4, 0.5) is 11.4 Å². The predicted molar refractivity (Wildman–Crippen MR) is 105 cm³/mol. The first-order valence-electron chi connectivity index (χ1n) is 8.19. The number of benzene rings is 1. The summed E-state index contributed by atoms with van der Waals surface area (Å²) >= 11 is 1.60. The monoisotopic (exact) mass is 385 g/mol. The third kappa shape index (κ3) is 4.82. The average molecular weight is 385 g/mol. The van der Waals surface area contributed by atoms with Crippen LogP contribution in [0, 0.1) is 0 Å². The highest BCUT2D eigenvalue weighted by Gasteiger charge is 2.12. The number of pyridine rings is 1. The molecule has 2 aromatic heterocycles. The van der Waals surface area contributed by atoms with Crippen LogP contribution >= 0.6 is 11.3 Å². The van der Waals surface area contributed by atoms with Crippen molar-refractivity contribution in [2.24, 2.45) is 0 Å². The first-order chi connectivity index (χ1) is 13.1. The molecule has 0 saturated carbocycles. The number of thiophene rings is 1. The Hall–Kier alpha value is -2.94. The Morgan fingerprint density at radius 1 is 1.30 bits per heavy atom. The molecule has 27 heavy (non-hydrogen) atoms. The lowest BCUT2D eigenvalue weighted by atomic mass is 10.1. The van der Waals surface area contributed by atoms with Gasteiger partial charge in [-0.15, -0.1) is 11.3 Å². The van der Waals surface area contributed by atoms with Crippen LogP contribution in [0.5, 0.6) is 5.75 Å². The smallest absolute Gasteiger partial charge is 0.274 e. The molecule has 0 aliphatic carbocycles. The van der Waals surface area contributed by atoms with Gasteiger partial charge in [-0.2, -0.15) is 0 Å². The van der Waals surface area contributed by atoms with Crippen LogP contribution in [-0.2, 0) is 0 Å². The Kier molecular flexibility index (Phi) is 6.02. The second-order valence-corrected chi connectivity index (χ2v) is 6.71. The first kappa shape index (κ1) is 18.8. The van der Waals surface area contributed by atoms with Gasteiger partial charge >= 0.3 is 0 Å². The van der Waals surface area contributed by atoms with Crippen molar-refractivity contribution in [3.63, 3.8) is 0 Å². The molecule has 8 heteroatoms. The maximum absolute atomic E-state index is 12.4. The fraction of sp³-hybridized carbons (Fsp3) is 0.158. The molecule has 0 fully saturated rings. The molecule has 5 N–H and O–H groups in total. The number of carbonyl (C=O) groups is 1. The second kappa shape index (κ2) is 8.63. The summed E-state index contributed by atoms with van der Waals surface area (Å²) in [5.41, 5.74) is 8.12. The van der Waals surface area contributed by atoms with Crippen LogP contribution in [0.2, 0.25) is 0 Å². The summed E-state index contributed by atoms with van der Waals surface area (Å²) in [5, 5.41) is 22.8. The van der Waals surface area contributed by atoms with E-state index in [1.807, 2.05) is 29.6 Å². The quantitative estimate of drug-likeness (QED) is 0.464. The molecule has 1 aromatic carbocycles. The fourth-order valence-electron chi connectivity index (χ4n) is 2.29. The lowest BCUT2D eigenvalue weighted by molar-refractivity contribution is 0.0535. The number of anilines is 2. The van der Waals surface area contributed by atoms with Crippen molar-refractivity contribution in [1.29, 1.82) is 0 Å². The van der Waals surface area contributed by atoms with E-state index in [9.17, 15) is 9.90 Å². The summed E-state index contributed by atoms with van der Waals surface area (Å²) in [6, 6.07) is 12.5. The molecule has 7 nitrogen and oxygen atoms in total. The minimum absolute atomic E-state index is 0.0598. The molecule has 0 saturated heterocycles. The number of carbonyl (C=O) groups excluding carboxylic acids is 1. The molecule has 0 bridgehead atoms. The fourth-order valence-corrected chi connectivity index (χ4v) is 3.02. The summed E-state index contributed by atoms with van der Waals surface area (Å²) in [7, 11) is 0. The third-order valence-electron chi connectivity index (χ3n) is 3.73. The lowest BCUT2D eigenvalue weighted by Crippen LogP contribution is -2.21. The van der Waals surface area contributed by atoms with Gasteiger partial charge in [0, 0.05) is 4.88 Å². The van der Waals surface area contributed by atoms with Crippen molar-refractivity contribution in [1.82, 2.24) is 4.98 Å². The van der Waals surface area contributed by atoms with Crippen LogP contribution in [-0.4, -0.2) is 40.4 Å². The van der Waals surface area contributed by atoms with Gasteiger partial charge in [-0.1, -0.05) is 12.1 Å². The number of hydrogen-bond donors (Lipinski definition) is 4. The Labute approximate surface area is 160 Å². The topological polar surface area (TPSA) is 118 Å². The van der Waals surface area contributed by atoms with Gasteiger partial charge < -0.3 is 26.0 Å². The number of ether oxygens (including phenoxy) is 1. The van der Waals surface area contributed by atoms with Crippen molar-refractivity contribution in [2.45, 2.75) is 6.10 Å². The summed E-state index contributed by atoms with van der Waals surface area (Å²) in [4.78, 5) is 17.6. The summed E-state index contributed by atoms with van der Waals surface area (Å²) < 4.78 is 5.26. The summed E-state index contributed by atoms with van der Waals surface area (Å²) in [6.07, 6.45) is 0.413. The van der Waals surface area contributed by atoms with Gasteiger partial charge in [0.05, 0.1) is 24.2 Å². The number of aromatic nitrogens is 1. The van der Waals surface area contributed by atoms with Crippen LogP contribution in [0.3, 0.4) is 0 Å². The molecule has 0 aliphatic rings. The molecule has 1 unspecified atom stereocenters. The Morgan fingerprint density at radius 2 is 2.15 bits per heavy atom. The maximum Gasteiger partial charge on any atom is 0.274 e. The van der Waals surface area contributed by atoms with E-state index in [1.165, 1.54) is 12.3 Å². The number of nitrogens with zero attached hydrogens (tertiary/aromatic N) is 1. The molecule has 0 radical (unpaired) electrons. The van der Waals surface area contributed by atoms with Gasteiger partial charge in [-0.05, 0) is 41.3 Å². The molecule has 1 amide bonds. The van der Waals surface area contributed by atoms with E-state index in [2.05, 4.69) is 10.3 Å². The minimum Gasteiger partial charge on any atom is -0.489 e. The lowest BCUT2D eigenvalue weighted by Gasteiger charge is -2.11. The van der Waals surface area contributed by atoms with Crippen LogP contribution in [0.25, 0.3) is 10.4 Å². The minimum atomic E-state index is -0.966. The SMILES string of the molecule is Nc1ccc(-c2cccs2)cc1NC(=O)c1ccc(OCC(O)CO)cn1. The largest absolute Gasteiger partial charge is 0.489 e. The Bertz CT molecular complexity index is 898. The standard InChI is InChI=1S/C19H19N3O4S/c20-15-5-3-12(18-2-1-7-27-18)8-17(15)22-19(25)16-6-4-14(9-21-16)26-11-13(24)10-23/h1-9,13,23-24H,10-11,20H2,(H,22,25). The highest BCUT2D eigenvalue weighted by Crippen LogP contribution is 2.30. The number of nitrogen functional groups attached to an aromatic ring is 1. The number of nitrogens with two attached hydrogens (primary N) is 1. The van der Waals surface area contributed by atoms with E-state index in [0.29, 0.717) is 17.1 Å². The third-order valence-corrected chi connectivity index (χ3v) is 4.65. The zero-order valence-corrected chi connectivity index (χ0v) is 15.1. The van der Waals surface area contributed by atoms with E-state index in [-0.39, 0.29) is 18.9 Å². The summed E-state index contributed by atoms with van der Waals surface area (Å²) in [5.74, 6) is -0.00905. The van der Waals surface area contributed by atoms with Crippen molar-refractivity contribution < 1.29 is 19.7 Å². The molecule has 3 rings (SSSR count). The van der Waals surface area contributed by atoms with E-state index >= 15 is 0 Å². The van der Waals surface area contributed by atoms with Gasteiger partial charge in [0.25, 0.3) is 5.91 Å². The number of amides is 1. The van der Waals surface area contributed by atoms with Gasteiger partial charge in [0.15, 0.2) is 0 Å². The predicted octanol–water partition coefficient (Wildman–Crippen LogP) is 2.38. The zero-order valence-electron chi connectivity index (χ0n) is 14.3.